The second-order valence-electron chi connectivity index (χ2n) is 20.9. The third kappa shape index (κ3) is 4.96. The van der Waals surface area contributed by atoms with Crippen molar-refractivity contribution in [2.75, 3.05) is 9.80 Å². The second kappa shape index (κ2) is 12.9. The van der Waals surface area contributed by atoms with E-state index in [2.05, 4.69) is 225 Å². The molecular weight excluding hydrogens is 761 g/mol. The van der Waals surface area contributed by atoms with Gasteiger partial charge in [0.15, 0.2) is 0 Å². The highest BCUT2D eigenvalue weighted by atomic mass is 15.2. The van der Waals surface area contributed by atoms with Crippen molar-refractivity contribution >= 4 is 66.4 Å². The van der Waals surface area contributed by atoms with Crippen molar-refractivity contribution in [3.05, 3.63) is 190 Å². The van der Waals surface area contributed by atoms with E-state index in [0.717, 1.165) is 0 Å². The van der Waals surface area contributed by atoms with Gasteiger partial charge in [-0.15, -0.1) is 0 Å². The summed E-state index contributed by atoms with van der Waals surface area (Å²) >= 11 is 0. The van der Waals surface area contributed by atoms with Crippen LogP contribution in [0.3, 0.4) is 0 Å². The van der Waals surface area contributed by atoms with Gasteiger partial charge in [0.2, 0.25) is 0 Å². The maximum Gasteiger partial charge on any atom is 0.0543 e. The molecule has 0 saturated carbocycles. The Bertz CT molecular complexity index is 3340. The molecule has 2 heteroatoms. The fourth-order valence-electron chi connectivity index (χ4n) is 12.4. The Hall–Kier alpha value is -6.38. The Kier molecular flexibility index (Phi) is 7.82. The highest BCUT2D eigenvalue weighted by Gasteiger charge is 2.43. The van der Waals surface area contributed by atoms with Crippen molar-refractivity contribution in [2.24, 2.45) is 0 Å². The Morgan fingerprint density at radius 2 is 0.698 bits per heavy atom. The minimum absolute atomic E-state index is 0.0897. The molecule has 1 aliphatic carbocycles. The molecular formula is C61H56N2. The van der Waals surface area contributed by atoms with Gasteiger partial charge in [0.05, 0.1) is 34.1 Å². The van der Waals surface area contributed by atoms with Gasteiger partial charge in [-0.2, -0.15) is 0 Å². The molecule has 0 aromatic heterocycles. The number of anilines is 6. The predicted octanol–water partition coefficient (Wildman–Crippen LogP) is 17.4. The van der Waals surface area contributed by atoms with E-state index in [1.165, 1.54) is 122 Å². The SMILES string of the molecule is CC(C)c1cc(N2c3ccccc3C(C)(C)c3ccccc32)c2ccc3c(C(C)C)cc(N4c5ccccc5C(C)(C)c5cc6c(cc54)-c4ccccc4C6(C)C)c4ccc1c2c34. The second-order valence-corrected chi connectivity index (χ2v) is 20.9. The molecule has 0 bridgehead atoms. The fourth-order valence-corrected chi connectivity index (χ4v) is 12.4. The van der Waals surface area contributed by atoms with E-state index in [4.69, 9.17) is 0 Å². The molecule has 2 aliphatic heterocycles. The third-order valence-corrected chi connectivity index (χ3v) is 15.7. The van der Waals surface area contributed by atoms with Crippen LogP contribution in [0.4, 0.5) is 34.1 Å². The van der Waals surface area contributed by atoms with Crippen LogP contribution in [0.1, 0.15) is 126 Å². The Labute approximate surface area is 373 Å². The number of hydrogen-bond donors (Lipinski definition) is 0. The molecule has 9 aromatic carbocycles. The minimum Gasteiger partial charge on any atom is -0.309 e. The molecule has 0 radical (unpaired) electrons. The van der Waals surface area contributed by atoms with Gasteiger partial charge in [0, 0.05) is 27.0 Å². The van der Waals surface area contributed by atoms with Crippen molar-refractivity contribution in [1.82, 2.24) is 0 Å². The zero-order valence-corrected chi connectivity index (χ0v) is 38.4. The van der Waals surface area contributed by atoms with Crippen molar-refractivity contribution in [2.45, 2.75) is 97.3 Å². The maximum absolute atomic E-state index is 2.64. The number of hydrogen-bond acceptors (Lipinski definition) is 2. The van der Waals surface area contributed by atoms with Gasteiger partial charge in [-0.25, -0.2) is 0 Å². The van der Waals surface area contributed by atoms with Gasteiger partial charge in [0.25, 0.3) is 0 Å². The standard InChI is InChI=1S/C61H56N2/c1-35(2)42-31-54(62-51-24-16-13-21-46(51)60(7,8)47-22-14-17-25-52(47)62)40-29-27-39-43(36(3)4)32-55(41-30-28-38(42)57(40)58(39)41)63-53-26-18-15-23-48(53)61(9,10)50-34-49-44(33-56(50)63)37-19-11-12-20-45(37)59(49,5)6/h11-36H,1-10H3. The molecule has 63 heavy (non-hydrogen) atoms. The molecule has 0 atom stereocenters. The molecule has 0 N–H and O–H groups in total. The van der Waals surface area contributed by atoms with Gasteiger partial charge in [-0.3, -0.25) is 0 Å². The molecule has 0 unspecified atom stereocenters. The quantitative estimate of drug-likeness (QED) is 0.163. The number of benzene rings is 9. The van der Waals surface area contributed by atoms with E-state index in [0.29, 0.717) is 11.8 Å². The van der Waals surface area contributed by atoms with Gasteiger partial charge < -0.3 is 9.80 Å². The summed E-state index contributed by atoms with van der Waals surface area (Å²) in [6.45, 7) is 23.9. The fraction of sp³-hybridized carbons (Fsp3) is 0.246. The van der Waals surface area contributed by atoms with Crippen molar-refractivity contribution in [3.63, 3.8) is 0 Å². The zero-order valence-electron chi connectivity index (χ0n) is 38.4. The van der Waals surface area contributed by atoms with Crippen LogP contribution in [0.25, 0.3) is 43.4 Å². The van der Waals surface area contributed by atoms with Crippen LogP contribution in [-0.4, -0.2) is 0 Å². The molecule has 3 aliphatic rings. The summed E-state index contributed by atoms with van der Waals surface area (Å²) in [4.78, 5) is 5.22. The number of para-hydroxylation sites is 3. The Morgan fingerprint density at radius 3 is 1.17 bits per heavy atom. The van der Waals surface area contributed by atoms with Crippen molar-refractivity contribution < 1.29 is 0 Å². The first-order valence-corrected chi connectivity index (χ1v) is 23.2. The Balaban J connectivity index is 1.20. The molecule has 9 aromatic rings. The number of rotatable bonds is 4. The van der Waals surface area contributed by atoms with Crippen LogP contribution >= 0.6 is 0 Å². The normalized spacial score (nSPS) is 16.4. The number of fused-ring (bicyclic) bond motifs is 7. The predicted molar refractivity (Wildman–Crippen MR) is 270 cm³/mol. The van der Waals surface area contributed by atoms with E-state index < -0.39 is 0 Å². The van der Waals surface area contributed by atoms with Gasteiger partial charge in [-0.05, 0) is 125 Å². The topological polar surface area (TPSA) is 6.48 Å². The summed E-state index contributed by atoms with van der Waals surface area (Å²) in [7, 11) is 0. The molecule has 0 amide bonds. The summed E-state index contributed by atoms with van der Waals surface area (Å²) in [6.07, 6.45) is 0. The summed E-state index contributed by atoms with van der Waals surface area (Å²) in [5.74, 6) is 0.630. The first-order valence-electron chi connectivity index (χ1n) is 23.2. The van der Waals surface area contributed by atoms with Crippen molar-refractivity contribution in [3.8, 4) is 11.1 Å². The van der Waals surface area contributed by atoms with Crippen LogP contribution in [0.2, 0.25) is 0 Å². The first-order chi connectivity index (χ1) is 30.2. The van der Waals surface area contributed by atoms with Gasteiger partial charge in [-0.1, -0.05) is 178 Å². The average Bonchev–Trinajstić information content (AvgIpc) is 3.50. The highest BCUT2D eigenvalue weighted by molar-refractivity contribution is 6.29. The zero-order chi connectivity index (χ0) is 43.5. The lowest BCUT2D eigenvalue weighted by atomic mass is 9.71. The summed E-state index contributed by atoms with van der Waals surface area (Å²) in [5, 5.41) is 8.02. The monoisotopic (exact) mass is 816 g/mol. The van der Waals surface area contributed by atoms with Crippen LogP contribution in [0.5, 0.6) is 0 Å². The van der Waals surface area contributed by atoms with E-state index in [1.807, 2.05) is 0 Å². The van der Waals surface area contributed by atoms with Crippen LogP contribution in [-0.2, 0) is 16.2 Å². The molecule has 0 saturated heterocycles. The molecule has 2 nitrogen and oxygen atoms in total. The minimum atomic E-state index is -0.205. The Morgan fingerprint density at radius 1 is 0.317 bits per heavy atom. The molecule has 0 spiro atoms. The largest absolute Gasteiger partial charge is 0.309 e. The van der Waals surface area contributed by atoms with Crippen LogP contribution < -0.4 is 9.80 Å². The molecule has 12 rings (SSSR count). The lowest BCUT2D eigenvalue weighted by molar-refractivity contribution is 0.620. The average molecular weight is 817 g/mol. The molecule has 310 valence electrons. The molecule has 0 fully saturated rings. The third-order valence-electron chi connectivity index (χ3n) is 15.7. The van der Waals surface area contributed by atoms with E-state index in [1.54, 1.807) is 0 Å². The summed E-state index contributed by atoms with van der Waals surface area (Å²) in [6, 6.07) is 56.4. The lowest BCUT2D eigenvalue weighted by Gasteiger charge is -2.43. The van der Waals surface area contributed by atoms with E-state index in [9.17, 15) is 0 Å². The maximum atomic E-state index is 2.64. The van der Waals surface area contributed by atoms with Crippen molar-refractivity contribution in [1.29, 1.82) is 0 Å². The highest BCUT2D eigenvalue weighted by Crippen LogP contribution is 2.60. The van der Waals surface area contributed by atoms with Crippen LogP contribution in [0.15, 0.2) is 146 Å². The molecule has 2 heterocycles. The summed E-state index contributed by atoms with van der Waals surface area (Å²) in [5.41, 5.74) is 20.9. The smallest absolute Gasteiger partial charge is 0.0543 e. The van der Waals surface area contributed by atoms with E-state index >= 15 is 0 Å². The number of nitrogens with zero attached hydrogens (tertiary/aromatic N) is 2. The van der Waals surface area contributed by atoms with Crippen LogP contribution in [0, 0.1) is 0 Å². The lowest BCUT2D eigenvalue weighted by Crippen LogP contribution is -2.31. The first kappa shape index (κ1) is 38.3. The van der Waals surface area contributed by atoms with E-state index in [-0.39, 0.29) is 16.2 Å². The van der Waals surface area contributed by atoms with Gasteiger partial charge in [0.1, 0.15) is 0 Å². The van der Waals surface area contributed by atoms with Gasteiger partial charge >= 0.3 is 0 Å². The summed E-state index contributed by atoms with van der Waals surface area (Å²) < 4.78 is 0.